The van der Waals surface area contributed by atoms with Crippen molar-refractivity contribution in [3.05, 3.63) is 114 Å². The van der Waals surface area contributed by atoms with Crippen molar-refractivity contribution in [2.24, 2.45) is 0 Å². The van der Waals surface area contributed by atoms with Crippen molar-refractivity contribution in [3.8, 4) is 11.1 Å². The maximum atomic E-state index is 5.95. The first kappa shape index (κ1) is 16.6. The van der Waals surface area contributed by atoms with Gasteiger partial charge >= 0.3 is 0 Å². The van der Waals surface area contributed by atoms with E-state index in [0.717, 1.165) is 17.5 Å². The molecular weight excluding hydrogens is 338 g/mol. The Morgan fingerprint density at radius 2 is 1.04 bits per heavy atom. The molecule has 0 aliphatic heterocycles. The van der Waals surface area contributed by atoms with Crippen LogP contribution >= 0.6 is 0 Å². The maximum absolute atomic E-state index is 5.95. The molecule has 0 saturated heterocycles. The predicted molar refractivity (Wildman–Crippen MR) is 121 cm³/mol. The number of nitrogens with two attached hydrogens (primary N) is 1. The highest BCUT2D eigenvalue weighted by Gasteiger charge is 2.15. The highest BCUT2D eigenvalue weighted by atomic mass is 14.5. The molecule has 1 heteroatoms. The molecule has 2 N–H and O–H groups in total. The zero-order valence-electron chi connectivity index (χ0n) is 15.6. The van der Waals surface area contributed by atoms with Crippen molar-refractivity contribution < 1.29 is 0 Å². The zero-order chi connectivity index (χ0) is 18.9. The SMILES string of the molecule is Nc1cccc2cc3ccccc3cc12.c1ccc2c(c1)Cc1ccccc1-2. The molecule has 0 radical (unpaired) electrons. The summed E-state index contributed by atoms with van der Waals surface area (Å²) < 4.78 is 0. The summed E-state index contributed by atoms with van der Waals surface area (Å²) in [5.74, 6) is 0. The third kappa shape index (κ3) is 2.91. The van der Waals surface area contributed by atoms with Gasteiger partial charge in [0, 0.05) is 11.1 Å². The molecule has 0 spiro atoms. The van der Waals surface area contributed by atoms with Crippen molar-refractivity contribution >= 4 is 27.2 Å². The highest BCUT2D eigenvalue weighted by Crippen LogP contribution is 2.35. The molecule has 5 aromatic carbocycles. The Kier molecular flexibility index (Phi) is 4.06. The highest BCUT2D eigenvalue weighted by molar-refractivity contribution is 6.03. The van der Waals surface area contributed by atoms with E-state index >= 15 is 0 Å². The lowest BCUT2D eigenvalue weighted by molar-refractivity contribution is 1.26. The van der Waals surface area contributed by atoms with E-state index in [1.54, 1.807) is 0 Å². The number of benzene rings is 5. The van der Waals surface area contributed by atoms with Gasteiger partial charge in [0.2, 0.25) is 0 Å². The van der Waals surface area contributed by atoms with Crippen LogP contribution in [0.3, 0.4) is 0 Å². The van der Waals surface area contributed by atoms with Gasteiger partial charge in [0.15, 0.2) is 0 Å². The topological polar surface area (TPSA) is 26.0 Å². The molecule has 0 bridgehead atoms. The van der Waals surface area contributed by atoms with Gasteiger partial charge in [-0.25, -0.2) is 0 Å². The minimum Gasteiger partial charge on any atom is -0.398 e. The lowest BCUT2D eigenvalue weighted by Gasteiger charge is -2.04. The summed E-state index contributed by atoms with van der Waals surface area (Å²) >= 11 is 0. The van der Waals surface area contributed by atoms with Gasteiger partial charge in [-0.3, -0.25) is 0 Å². The summed E-state index contributed by atoms with van der Waals surface area (Å²) in [7, 11) is 0. The third-order valence-electron chi connectivity index (χ3n) is 5.49. The van der Waals surface area contributed by atoms with E-state index < -0.39 is 0 Å². The van der Waals surface area contributed by atoms with Crippen LogP contribution in [0.5, 0.6) is 0 Å². The van der Waals surface area contributed by atoms with Crippen LogP contribution < -0.4 is 5.73 Å². The molecule has 0 saturated carbocycles. The number of nitrogen functional groups attached to an aromatic ring is 1. The molecule has 0 atom stereocenters. The quantitative estimate of drug-likeness (QED) is 0.233. The van der Waals surface area contributed by atoms with Gasteiger partial charge in [-0.05, 0) is 63.0 Å². The lowest BCUT2D eigenvalue weighted by atomic mass is 10.0. The van der Waals surface area contributed by atoms with E-state index in [4.69, 9.17) is 5.73 Å². The fourth-order valence-corrected chi connectivity index (χ4v) is 4.07. The van der Waals surface area contributed by atoms with E-state index in [2.05, 4.69) is 84.9 Å². The van der Waals surface area contributed by atoms with Crippen LogP contribution in [0.1, 0.15) is 11.1 Å². The van der Waals surface area contributed by atoms with E-state index in [-0.39, 0.29) is 0 Å². The van der Waals surface area contributed by atoms with Crippen molar-refractivity contribution in [2.75, 3.05) is 5.73 Å². The molecular formula is C27H21N. The maximum Gasteiger partial charge on any atom is 0.0393 e. The minimum absolute atomic E-state index is 0.846. The summed E-state index contributed by atoms with van der Waals surface area (Å²) in [6.45, 7) is 0. The number of hydrogen-bond acceptors (Lipinski definition) is 1. The van der Waals surface area contributed by atoms with Gasteiger partial charge in [-0.2, -0.15) is 0 Å². The summed E-state index contributed by atoms with van der Waals surface area (Å²) in [6, 6.07) is 36.0. The van der Waals surface area contributed by atoms with Gasteiger partial charge in [0.1, 0.15) is 0 Å². The van der Waals surface area contributed by atoms with E-state index in [1.165, 1.54) is 38.4 Å². The second-order valence-electron chi connectivity index (χ2n) is 7.26. The van der Waals surface area contributed by atoms with Gasteiger partial charge in [0.25, 0.3) is 0 Å². The third-order valence-corrected chi connectivity index (χ3v) is 5.49. The van der Waals surface area contributed by atoms with Crippen LogP contribution in [0.15, 0.2) is 103 Å². The Bertz CT molecular complexity index is 1260. The Morgan fingerprint density at radius 1 is 0.500 bits per heavy atom. The molecule has 134 valence electrons. The molecule has 0 fully saturated rings. The van der Waals surface area contributed by atoms with E-state index in [1.807, 2.05) is 18.2 Å². The van der Waals surface area contributed by atoms with Crippen molar-refractivity contribution in [1.82, 2.24) is 0 Å². The Balaban J connectivity index is 0.000000123. The molecule has 1 aliphatic rings. The van der Waals surface area contributed by atoms with Gasteiger partial charge in [0.05, 0.1) is 0 Å². The Labute approximate surface area is 165 Å². The van der Waals surface area contributed by atoms with Gasteiger partial charge < -0.3 is 5.73 Å². The fourth-order valence-electron chi connectivity index (χ4n) is 4.07. The van der Waals surface area contributed by atoms with Crippen LogP contribution in [0, 0.1) is 0 Å². The lowest BCUT2D eigenvalue weighted by Crippen LogP contribution is -1.86. The second-order valence-corrected chi connectivity index (χ2v) is 7.26. The standard InChI is InChI=1S/C14H11N.C13H10/c15-14-7-3-6-12-8-10-4-1-2-5-11(10)9-13(12)14;1-3-7-12-10(5-1)9-11-6-2-4-8-13(11)12/h1-9H,15H2;1-8H,9H2. The fraction of sp³-hybridized carbons (Fsp3) is 0.0370. The van der Waals surface area contributed by atoms with Crippen LogP contribution in [0.25, 0.3) is 32.7 Å². The molecule has 1 nitrogen and oxygen atoms in total. The van der Waals surface area contributed by atoms with Crippen LogP contribution in [0.4, 0.5) is 5.69 Å². The normalized spacial score (nSPS) is 11.6. The van der Waals surface area contributed by atoms with Crippen LogP contribution in [-0.2, 0) is 6.42 Å². The number of hydrogen-bond donors (Lipinski definition) is 1. The molecule has 1 aliphatic carbocycles. The monoisotopic (exact) mass is 359 g/mol. The van der Waals surface area contributed by atoms with Crippen LogP contribution in [0.2, 0.25) is 0 Å². The molecule has 28 heavy (non-hydrogen) atoms. The number of anilines is 1. The van der Waals surface area contributed by atoms with Gasteiger partial charge in [-0.15, -0.1) is 0 Å². The number of fused-ring (bicyclic) bond motifs is 5. The van der Waals surface area contributed by atoms with Crippen molar-refractivity contribution in [2.45, 2.75) is 6.42 Å². The average molecular weight is 359 g/mol. The summed E-state index contributed by atoms with van der Waals surface area (Å²) in [5, 5.41) is 4.84. The summed E-state index contributed by atoms with van der Waals surface area (Å²) in [5.41, 5.74) is 12.5. The van der Waals surface area contributed by atoms with Crippen molar-refractivity contribution in [3.63, 3.8) is 0 Å². The smallest absolute Gasteiger partial charge is 0.0393 e. The first-order chi connectivity index (χ1) is 13.8. The van der Waals surface area contributed by atoms with Gasteiger partial charge in [-0.1, -0.05) is 84.9 Å². The predicted octanol–water partition coefficient (Wildman–Crippen LogP) is 6.83. The average Bonchev–Trinajstić information content (AvgIpc) is 3.12. The molecule has 0 heterocycles. The Hall–Kier alpha value is -3.58. The first-order valence-electron chi connectivity index (χ1n) is 9.63. The second kappa shape index (κ2) is 6.86. The van der Waals surface area contributed by atoms with E-state index in [9.17, 15) is 0 Å². The zero-order valence-corrected chi connectivity index (χ0v) is 15.6. The Morgan fingerprint density at radius 3 is 1.71 bits per heavy atom. The molecule has 0 unspecified atom stereocenters. The van der Waals surface area contributed by atoms with Crippen LogP contribution in [-0.4, -0.2) is 0 Å². The largest absolute Gasteiger partial charge is 0.398 e. The molecule has 0 aromatic heterocycles. The summed E-state index contributed by atoms with van der Waals surface area (Å²) in [6.07, 6.45) is 1.10. The molecule has 6 rings (SSSR count). The van der Waals surface area contributed by atoms with E-state index in [0.29, 0.717) is 0 Å². The minimum atomic E-state index is 0.846. The number of rotatable bonds is 0. The first-order valence-corrected chi connectivity index (χ1v) is 9.63. The summed E-state index contributed by atoms with van der Waals surface area (Å²) in [4.78, 5) is 0. The molecule has 5 aromatic rings. The molecule has 0 amide bonds. The van der Waals surface area contributed by atoms with Crippen molar-refractivity contribution in [1.29, 1.82) is 0 Å².